The second-order valence-electron chi connectivity index (χ2n) is 7.17. The zero-order valence-electron chi connectivity index (χ0n) is 16.9. The molecule has 0 saturated heterocycles. The van der Waals surface area contributed by atoms with E-state index in [9.17, 15) is 13.2 Å². The molecule has 3 aromatic carbocycles. The average molecular weight is 424 g/mol. The lowest BCUT2D eigenvalue weighted by atomic mass is 10.0. The van der Waals surface area contributed by atoms with Crippen LogP contribution in [0.1, 0.15) is 37.1 Å². The first kappa shape index (κ1) is 21.5. The summed E-state index contributed by atoms with van der Waals surface area (Å²) in [4.78, 5) is 12.4. The topological polar surface area (TPSA) is 101 Å². The van der Waals surface area contributed by atoms with Gasteiger partial charge in [-0.15, -0.1) is 0 Å². The molecule has 156 valence electrons. The van der Waals surface area contributed by atoms with Gasteiger partial charge < -0.3 is 10.6 Å². The highest BCUT2D eigenvalue weighted by Crippen LogP contribution is 2.22. The molecule has 0 saturated carbocycles. The number of hydrogen-bond acceptors (Lipinski definition) is 3. The molecule has 3 aromatic rings. The highest BCUT2D eigenvalue weighted by Gasteiger charge is 2.15. The van der Waals surface area contributed by atoms with Crippen molar-refractivity contribution < 1.29 is 13.2 Å². The maximum absolute atomic E-state index is 12.4. The second-order valence-corrected chi connectivity index (χ2v) is 8.73. The number of nitrogens with one attached hydrogen (secondary N) is 2. The molecule has 0 spiro atoms. The van der Waals surface area contributed by atoms with Gasteiger partial charge in [0.2, 0.25) is 10.0 Å². The minimum absolute atomic E-state index is 0.0148. The number of carbonyl (C=O) groups excluding carboxylic acids is 1. The standard InChI is InChI=1S/C23H25N3O3S/c1-16(18-11-13-20(14-12-18)19-7-4-3-5-8-19)25-23(27)26-17(2)21-9-6-10-22(15-21)30(24,28)29/h3-17H,1-2H3,(H2,24,28,29)(H2,25,26,27). The number of urea groups is 1. The smallest absolute Gasteiger partial charge is 0.315 e. The van der Waals surface area contributed by atoms with E-state index in [4.69, 9.17) is 5.14 Å². The van der Waals surface area contributed by atoms with Crippen LogP contribution < -0.4 is 15.8 Å². The molecule has 0 radical (unpaired) electrons. The summed E-state index contributed by atoms with van der Waals surface area (Å²) in [6.07, 6.45) is 0. The molecule has 0 heterocycles. The molecule has 2 amide bonds. The molecule has 2 atom stereocenters. The van der Waals surface area contributed by atoms with Crippen LogP contribution in [0, 0.1) is 0 Å². The lowest BCUT2D eigenvalue weighted by Crippen LogP contribution is -2.38. The van der Waals surface area contributed by atoms with E-state index in [1.807, 2.05) is 49.4 Å². The molecule has 2 unspecified atom stereocenters. The van der Waals surface area contributed by atoms with Gasteiger partial charge in [-0.25, -0.2) is 18.4 Å². The second kappa shape index (κ2) is 9.11. The Balaban J connectivity index is 1.62. The number of nitrogens with two attached hydrogens (primary N) is 1. The Morgan fingerprint density at radius 1 is 0.767 bits per heavy atom. The van der Waals surface area contributed by atoms with E-state index in [-0.39, 0.29) is 23.0 Å². The first-order chi connectivity index (χ1) is 14.2. The molecule has 3 rings (SSSR count). The highest BCUT2D eigenvalue weighted by atomic mass is 32.2. The molecule has 6 nitrogen and oxygen atoms in total. The summed E-state index contributed by atoms with van der Waals surface area (Å²) in [5, 5.41) is 10.9. The van der Waals surface area contributed by atoms with Crippen LogP contribution in [0.4, 0.5) is 4.79 Å². The first-order valence-electron chi connectivity index (χ1n) is 9.59. The van der Waals surface area contributed by atoms with Crippen LogP contribution in [0.2, 0.25) is 0 Å². The van der Waals surface area contributed by atoms with Gasteiger partial charge in [-0.2, -0.15) is 0 Å². The van der Waals surface area contributed by atoms with Crippen LogP contribution >= 0.6 is 0 Å². The van der Waals surface area contributed by atoms with Crippen LogP contribution in [0.5, 0.6) is 0 Å². The molecule has 4 N–H and O–H groups in total. The van der Waals surface area contributed by atoms with Gasteiger partial charge in [-0.05, 0) is 48.2 Å². The summed E-state index contributed by atoms with van der Waals surface area (Å²) in [5.41, 5.74) is 3.88. The van der Waals surface area contributed by atoms with Crippen LogP contribution in [0.25, 0.3) is 11.1 Å². The van der Waals surface area contributed by atoms with Crippen LogP contribution in [-0.2, 0) is 10.0 Å². The Kier molecular flexibility index (Phi) is 6.54. The van der Waals surface area contributed by atoms with Gasteiger partial charge >= 0.3 is 6.03 Å². The van der Waals surface area contributed by atoms with Crippen molar-refractivity contribution in [2.24, 2.45) is 5.14 Å². The number of carbonyl (C=O) groups is 1. The van der Waals surface area contributed by atoms with Gasteiger partial charge in [-0.1, -0.05) is 66.7 Å². The minimum atomic E-state index is -3.79. The maximum atomic E-state index is 12.4. The molecule has 0 aromatic heterocycles. The van der Waals surface area contributed by atoms with Crippen LogP contribution in [-0.4, -0.2) is 14.4 Å². The summed E-state index contributed by atoms with van der Waals surface area (Å²) >= 11 is 0. The van der Waals surface area contributed by atoms with Crippen molar-refractivity contribution in [3.8, 4) is 11.1 Å². The van der Waals surface area contributed by atoms with Crippen molar-refractivity contribution in [1.82, 2.24) is 10.6 Å². The summed E-state index contributed by atoms with van der Waals surface area (Å²) in [7, 11) is -3.79. The number of rotatable bonds is 6. The molecule has 0 aliphatic heterocycles. The normalized spacial score (nSPS) is 13.3. The zero-order valence-corrected chi connectivity index (χ0v) is 17.7. The lowest BCUT2D eigenvalue weighted by molar-refractivity contribution is 0.235. The fourth-order valence-electron chi connectivity index (χ4n) is 3.16. The number of benzene rings is 3. The van der Waals surface area contributed by atoms with E-state index in [2.05, 4.69) is 22.8 Å². The third-order valence-electron chi connectivity index (χ3n) is 4.90. The van der Waals surface area contributed by atoms with E-state index < -0.39 is 10.0 Å². The van der Waals surface area contributed by atoms with E-state index in [0.29, 0.717) is 5.56 Å². The predicted molar refractivity (Wildman–Crippen MR) is 118 cm³/mol. The quantitative estimate of drug-likeness (QED) is 0.556. The van der Waals surface area contributed by atoms with Gasteiger partial charge in [-0.3, -0.25) is 0 Å². The molecule has 0 aliphatic rings. The van der Waals surface area contributed by atoms with Gasteiger partial charge in [0.25, 0.3) is 0 Å². The average Bonchev–Trinajstić information content (AvgIpc) is 2.74. The number of sulfonamides is 1. The Hall–Kier alpha value is -3.16. The van der Waals surface area contributed by atoms with Crippen molar-refractivity contribution in [2.75, 3.05) is 0 Å². The van der Waals surface area contributed by atoms with Gasteiger partial charge in [0.05, 0.1) is 17.0 Å². The van der Waals surface area contributed by atoms with Gasteiger partial charge in [0.1, 0.15) is 0 Å². The minimum Gasteiger partial charge on any atom is -0.332 e. The van der Waals surface area contributed by atoms with Crippen molar-refractivity contribution in [2.45, 2.75) is 30.8 Å². The van der Waals surface area contributed by atoms with E-state index in [1.165, 1.54) is 12.1 Å². The van der Waals surface area contributed by atoms with Gasteiger partial charge in [0.15, 0.2) is 0 Å². The molecule has 0 aliphatic carbocycles. The highest BCUT2D eigenvalue weighted by molar-refractivity contribution is 7.89. The fourth-order valence-corrected chi connectivity index (χ4v) is 3.73. The monoisotopic (exact) mass is 423 g/mol. The van der Waals surface area contributed by atoms with E-state index in [1.54, 1.807) is 19.1 Å². The summed E-state index contributed by atoms with van der Waals surface area (Å²) in [5.74, 6) is 0. The molecule has 7 heteroatoms. The first-order valence-corrected chi connectivity index (χ1v) is 11.1. The summed E-state index contributed by atoms with van der Waals surface area (Å²) in [6.45, 7) is 3.69. The lowest BCUT2D eigenvalue weighted by Gasteiger charge is -2.19. The molecular weight excluding hydrogens is 398 g/mol. The Labute approximate surface area is 177 Å². The van der Waals surface area contributed by atoms with Crippen LogP contribution in [0.15, 0.2) is 83.8 Å². The number of amides is 2. The molecule has 0 bridgehead atoms. The summed E-state index contributed by atoms with van der Waals surface area (Å²) < 4.78 is 23.0. The molecule has 30 heavy (non-hydrogen) atoms. The SMILES string of the molecule is CC(NC(=O)NC(C)c1cccc(S(N)(=O)=O)c1)c1ccc(-c2ccccc2)cc1. The van der Waals surface area contributed by atoms with Crippen molar-refractivity contribution >= 4 is 16.1 Å². The Morgan fingerprint density at radius 2 is 1.33 bits per heavy atom. The number of primary sulfonamides is 1. The maximum Gasteiger partial charge on any atom is 0.315 e. The van der Waals surface area contributed by atoms with Crippen molar-refractivity contribution in [3.05, 3.63) is 90.0 Å². The zero-order chi connectivity index (χ0) is 21.7. The molecule has 0 fully saturated rings. The van der Waals surface area contributed by atoms with Crippen LogP contribution in [0.3, 0.4) is 0 Å². The van der Waals surface area contributed by atoms with E-state index >= 15 is 0 Å². The summed E-state index contributed by atoms with van der Waals surface area (Å²) in [6, 6.07) is 23.4. The predicted octanol–water partition coefficient (Wildman–Crippen LogP) is 4.12. The number of hydrogen-bond donors (Lipinski definition) is 3. The molecular formula is C23H25N3O3S. The third-order valence-corrected chi connectivity index (χ3v) is 5.81. The van der Waals surface area contributed by atoms with Crippen molar-refractivity contribution in [1.29, 1.82) is 0 Å². The van der Waals surface area contributed by atoms with Crippen molar-refractivity contribution in [3.63, 3.8) is 0 Å². The third kappa shape index (κ3) is 5.46. The van der Waals surface area contributed by atoms with Gasteiger partial charge in [0, 0.05) is 0 Å². The largest absolute Gasteiger partial charge is 0.332 e. The Bertz CT molecular complexity index is 1110. The Morgan fingerprint density at radius 3 is 1.93 bits per heavy atom. The fraction of sp³-hybridized carbons (Fsp3) is 0.174. The van der Waals surface area contributed by atoms with E-state index in [0.717, 1.165) is 16.7 Å².